The number of ether oxygens (including phenoxy) is 1. The van der Waals surface area contributed by atoms with Crippen LogP contribution in [0.2, 0.25) is 0 Å². The lowest BCUT2D eigenvalue weighted by Crippen LogP contribution is -2.36. The second-order valence-corrected chi connectivity index (χ2v) is 5.68. The predicted octanol–water partition coefficient (Wildman–Crippen LogP) is 3.93. The molecular weight excluding hydrogens is 432 g/mol. The molecule has 0 aliphatic heterocycles. The number of hydrogen-bond donors (Lipinski definition) is 2. The topological polar surface area (TPSA) is 45.7 Å². The molecule has 0 radical (unpaired) electrons. The van der Waals surface area contributed by atoms with Gasteiger partial charge >= 0.3 is 0 Å². The fourth-order valence-corrected chi connectivity index (χ4v) is 2.40. The molecule has 0 unspecified atom stereocenters. The van der Waals surface area contributed by atoms with E-state index in [2.05, 4.69) is 21.7 Å². The monoisotopic (exact) mass is 457 g/mol. The molecule has 0 atom stereocenters. The number of hydrogen-bond acceptors (Lipinski definition) is 2. The zero-order valence-electron chi connectivity index (χ0n) is 15.0. The molecule has 136 valence electrons. The van der Waals surface area contributed by atoms with Crippen molar-refractivity contribution in [3.63, 3.8) is 0 Å². The minimum absolute atomic E-state index is 0. The zero-order chi connectivity index (χ0) is 17.5. The van der Waals surface area contributed by atoms with Crippen LogP contribution in [0.5, 0.6) is 5.75 Å². The molecule has 0 saturated heterocycles. The molecule has 0 aliphatic carbocycles. The second-order valence-electron chi connectivity index (χ2n) is 5.68. The third kappa shape index (κ3) is 6.19. The van der Waals surface area contributed by atoms with E-state index in [0.29, 0.717) is 24.6 Å². The first-order chi connectivity index (χ1) is 11.5. The van der Waals surface area contributed by atoms with Gasteiger partial charge in [-0.3, -0.25) is 4.99 Å². The minimum atomic E-state index is -0.187. The van der Waals surface area contributed by atoms with Crippen molar-refractivity contribution < 1.29 is 9.13 Å². The van der Waals surface area contributed by atoms with Crippen molar-refractivity contribution in [1.29, 1.82) is 0 Å². The van der Waals surface area contributed by atoms with Gasteiger partial charge in [0.1, 0.15) is 11.6 Å². The molecule has 2 N–H and O–H groups in total. The van der Waals surface area contributed by atoms with Crippen LogP contribution in [-0.4, -0.2) is 20.1 Å². The van der Waals surface area contributed by atoms with Crippen LogP contribution in [0, 0.1) is 19.7 Å². The standard InChI is InChI=1S/C19H24FN3O.HI/c1-13-5-7-16(18(9-13)24-4)12-23-19(21-3)22-11-15-6-8-17(20)14(2)10-15;/h5-10H,11-12H2,1-4H3,(H2,21,22,23);1H. The summed E-state index contributed by atoms with van der Waals surface area (Å²) in [6.45, 7) is 4.97. The fourth-order valence-electron chi connectivity index (χ4n) is 2.40. The van der Waals surface area contributed by atoms with Crippen LogP contribution < -0.4 is 15.4 Å². The Morgan fingerprint density at radius 2 is 1.80 bits per heavy atom. The van der Waals surface area contributed by atoms with Crippen LogP contribution in [-0.2, 0) is 13.1 Å². The first-order valence-corrected chi connectivity index (χ1v) is 7.86. The first kappa shape index (κ1) is 21.2. The molecular formula is C19H25FIN3O. The summed E-state index contributed by atoms with van der Waals surface area (Å²) in [5, 5.41) is 6.49. The van der Waals surface area contributed by atoms with Gasteiger partial charge in [-0.25, -0.2) is 4.39 Å². The van der Waals surface area contributed by atoms with E-state index in [0.717, 1.165) is 22.4 Å². The molecule has 6 heteroatoms. The van der Waals surface area contributed by atoms with Gasteiger partial charge in [0.25, 0.3) is 0 Å². The Labute approximate surface area is 165 Å². The van der Waals surface area contributed by atoms with Crippen LogP contribution in [0.25, 0.3) is 0 Å². The number of guanidine groups is 1. The second kappa shape index (κ2) is 10.2. The summed E-state index contributed by atoms with van der Waals surface area (Å²) < 4.78 is 18.7. The maximum atomic E-state index is 13.3. The number of benzene rings is 2. The Morgan fingerprint density at radius 3 is 2.44 bits per heavy atom. The molecule has 0 heterocycles. The van der Waals surface area contributed by atoms with Gasteiger partial charge in [-0.2, -0.15) is 0 Å². The van der Waals surface area contributed by atoms with Gasteiger partial charge < -0.3 is 15.4 Å². The Bertz CT molecular complexity index is 735. The summed E-state index contributed by atoms with van der Waals surface area (Å²) in [4.78, 5) is 4.21. The van der Waals surface area contributed by atoms with E-state index < -0.39 is 0 Å². The van der Waals surface area contributed by atoms with Crippen LogP contribution in [0.4, 0.5) is 4.39 Å². The third-order valence-corrected chi connectivity index (χ3v) is 3.79. The summed E-state index contributed by atoms with van der Waals surface area (Å²) in [6.07, 6.45) is 0. The van der Waals surface area contributed by atoms with Crippen molar-refractivity contribution in [2.24, 2.45) is 4.99 Å². The van der Waals surface area contributed by atoms with Crippen molar-refractivity contribution >= 4 is 29.9 Å². The summed E-state index contributed by atoms with van der Waals surface area (Å²) in [6, 6.07) is 11.2. The molecule has 0 spiro atoms. The smallest absolute Gasteiger partial charge is 0.191 e. The number of rotatable bonds is 5. The summed E-state index contributed by atoms with van der Waals surface area (Å²) in [5.41, 5.74) is 3.86. The maximum absolute atomic E-state index is 13.3. The molecule has 2 aromatic carbocycles. The van der Waals surface area contributed by atoms with E-state index in [1.54, 1.807) is 27.1 Å². The summed E-state index contributed by atoms with van der Waals surface area (Å²) in [7, 11) is 3.39. The molecule has 0 amide bonds. The average molecular weight is 457 g/mol. The average Bonchev–Trinajstić information content (AvgIpc) is 2.58. The van der Waals surface area contributed by atoms with E-state index in [4.69, 9.17) is 4.74 Å². The molecule has 0 bridgehead atoms. The highest BCUT2D eigenvalue weighted by Crippen LogP contribution is 2.19. The van der Waals surface area contributed by atoms with Gasteiger partial charge in [0.05, 0.1) is 7.11 Å². The molecule has 0 saturated carbocycles. The zero-order valence-corrected chi connectivity index (χ0v) is 17.4. The quantitative estimate of drug-likeness (QED) is 0.407. The fraction of sp³-hybridized carbons (Fsp3) is 0.316. The van der Waals surface area contributed by atoms with Gasteiger partial charge in [-0.05, 0) is 42.7 Å². The number of methoxy groups -OCH3 is 1. The van der Waals surface area contributed by atoms with Crippen molar-refractivity contribution in [3.05, 3.63) is 64.5 Å². The highest BCUT2D eigenvalue weighted by molar-refractivity contribution is 14.0. The third-order valence-electron chi connectivity index (χ3n) is 3.79. The van der Waals surface area contributed by atoms with Crippen LogP contribution >= 0.6 is 24.0 Å². The van der Waals surface area contributed by atoms with E-state index in [-0.39, 0.29) is 29.8 Å². The lowest BCUT2D eigenvalue weighted by atomic mass is 10.1. The van der Waals surface area contributed by atoms with Gasteiger partial charge in [-0.1, -0.05) is 24.3 Å². The van der Waals surface area contributed by atoms with E-state index in [1.165, 1.54) is 6.07 Å². The Kier molecular flexibility index (Phi) is 8.68. The van der Waals surface area contributed by atoms with Crippen molar-refractivity contribution in [2.75, 3.05) is 14.2 Å². The van der Waals surface area contributed by atoms with Crippen molar-refractivity contribution in [2.45, 2.75) is 26.9 Å². The number of halogens is 2. The lowest BCUT2D eigenvalue weighted by molar-refractivity contribution is 0.408. The van der Waals surface area contributed by atoms with Gasteiger partial charge in [0.15, 0.2) is 5.96 Å². The van der Waals surface area contributed by atoms with E-state index in [9.17, 15) is 4.39 Å². The Hall–Kier alpha value is -1.83. The molecule has 4 nitrogen and oxygen atoms in total. The molecule has 0 fully saturated rings. The predicted molar refractivity (Wildman–Crippen MR) is 111 cm³/mol. The van der Waals surface area contributed by atoms with Crippen LogP contribution in [0.3, 0.4) is 0 Å². The van der Waals surface area contributed by atoms with Crippen molar-refractivity contribution in [1.82, 2.24) is 10.6 Å². The van der Waals surface area contributed by atoms with Crippen LogP contribution in [0.1, 0.15) is 22.3 Å². The van der Waals surface area contributed by atoms with E-state index in [1.807, 2.05) is 25.1 Å². The Morgan fingerprint density at radius 1 is 1.08 bits per heavy atom. The van der Waals surface area contributed by atoms with Gasteiger partial charge in [0, 0.05) is 25.7 Å². The first-order valence-electron chi connectivity index (χ1n) is 7.86. The Balaban J connectivity index is 0.00000312. The van der Waals surface area contributed by atoms with E-state index >= 15 is 0 Å². The normalized spacial score (nSPS) is 10.8. The number of nitrogens with one attached hydrogen (secondary N) is 2. The molecule has 0 aromatic heterocycles. The summed E-state index contributed by atoms with van der Waals surface area (Å²) >= 11 is 0. The van der Waals surface area contributed by atoms with Gasteiger partial charge in [0.2, 0.25) is 0 Å². The van der Waals surface area contributed by atoms with Crippen molar-refractivity contribution in [3.8, 4) is 5.75 Å². The highest BCUT2D eigenvalue weighted by atomic mass is 127. The number of aryl methyl sites for hydroxylation is 2. The number of aliphatic imine (C=N–C) groups is 1. The molecule has 25 heavy (non-hydrogen) atoms. The van der Waals surface area contributed by atoms with Gasteiger partial charge in [-0.15, -0.1) is 24.0 Å². The molecule has 2 aromatic rings. The minimum Gasteiger partial charge on any atom is -0.496 e. The molecule has 0 aliphatic rings. The SMILES string of the molecule is CN=C(NCc1ccc(F)c(C)c1)NCc1ccc(C)cc1OC.I. The summed E-state index contributed by atoms with van der Waals surface area (Å²) in [5.74, 6) is 1.35. The largest absolute Gasteiger partial charge is 0.496 e. The highest BCUT2D eigenvalue weighted by Gasteiger charge is 2.05. The number of nitrogens with zero attached hydrogens (tertiary/aromatic N) is 1. The molecule has 2 rings (SSSR count). The maximum Gasteiger partial charge on any atom is 0.191 e. The van der Waals surface area contributed by atoms with Crippen LogP contribution in [0.15, 0.2) is 41.4 Å². The lowest BCUT2D eigenvalue weighted by Gasteiger charge is -2.14.